The maximum atomic E-state index is 10.5. The fraction of sp³-hybridized carbons (Fsp3) is 1.00. The number of rotatable bonds is 6. The van der Waals surface area contributed by atoms with Crippen LogP contribution in [0, 0.1) is 0 Å². The van der Waals surface area contributed by atoms with Gasteiger partial charge in [-0.3, -0.25) is 14.4 Å². The Hall–Kier alpha value is -0.170. The molecule has 1 aliphatic heterocycles. The van der Waals surface area contributed by atoms with E-state index in [2.05, 4.69) is 16.7 Å². The summed E-state index contributed by atoms with van der Waals surface area (Å²) in [4.78, 5) is 4.66. The van der Waals surface area contributed by atoms with Gasteiger partial charge < -0.3 is 0 Å². The lowest BCUT2D eigenvalue weighted by Crippen LogP contribution is -2.26. The topological polar surface area (TPSA) is 60.9 Å². The van der Waals surface area contributed by atoms with Crippen molar-refractivity contribution in [3.05, 3.63) is 0 Å². The molecule has 0 aromatic carbocycles. The van der Waals surface area contributed by atoms with E-state index >= 15 is 0 Å². The second-order valence-corrected chi connectivity index (χ2v) is 5.54. The minimum absolute atomic E-state index is 0.113. The van der Waals surface area contributed by atoms with Crippen LogP contribution in [0.5, 0.6) is 0 Å². The Bertz CT molecular complexity index is 279. The van der Waals surface area contributed by atoms with Gasteiger partial charge in [-0.25, -0.2) is 0 Å². The third kappa shape index (κ3) is 5.46. The Morgan fingerprint density at radius 3 is 2.40 bits per heavy atom. The van der Waals surface area contributed by atoms with Crippen LogP contribution < -0.4 is 0 Å². The molecule has 0 aromatic heterocycles. The lowest BCUT2D eigenvalue weighted by Gasteiger charge is -2.16. The van der Waals surface area contributed by atoms with Crippen LogP contribution in [0.2, 0.25) is 0 Å². The zero-order chi connectivity index (χ0) is 11.3. The molecule has 0 saturated carbocycles. The average Bonchev–Trinajstić information content (AvgIpc) is 2.59. The molecule has 90 valence electrons. The van der Waals surface area contributed by atoms with Crippen molar-refractivity contribution in [2.75, 3.05) is 38.6 Å². The minimum atomic E-state index is -3.76. The Morgan fingerprint density at radius 2 is 1.87 bits per heavy atom. The molecule has 1 fully saturated rings. The molecule has 0 radical (unpaired) electrons. The SMILES string of the molecule is CCN1CCN(CCCCS(=O)(=O)O)C1. The summed E-state index contributed by atoms with van der Waals surface area (Å²) in [5.41, 5.74) is 0. The van der Waals surface area contributed by atoms with Crippen molar-refractivity contribution in [1.82, 2.24) is 9.80 Å². The summed E-state index contributed by atoms with van der Waals surface area (Å²) < 4.78 is 29.5. The van der Waals surface area contributed by atoms with Crippen LogP contribution in [-0.2, 0) is 10.1 Å². The smallest absolute Gasteiger partial charge is 0.264 e. The van der Waals surface area contributed by atoms with Gasteiger partial charge in [0.25, 0.3) is 10.1 Å². The Kier molecular flexibility index (Phi) is 4.98. The van der Waals surface area contributed by atoms with E-state index in [0.29, 0.717) is 6.42 Å². The predicted octanol–water partition coefficient (Wildman–Crippen LogP) is 0.249. The van der Waals surface area contributed by atoms with E-state index in [4.69, 9.17) is 4.55 Å². The first-order chi connectivity index (χ1) is 7.01. The van der Waals surface area contributed by atoms with Crippen LogP contribution in [0.3, 0.4) is 0 Å². The largest absolute Gasteiger partial charge is 0.289 e. The van der Waals surface area contributed by atoms with Crippen LogP contribution in [0.25, 0.3) is 0 Å². The summed E-state index contributed by atoms with van der Waals surface area (Å²) in [5.74, 6) is -0.113. The van der Waals surface area contributed by atoms with E-state index in [1.54, 1.807) is 0 Å². The summed E-state index contributed by atoms with van der Waals surface area (Å²) in [6.07, 6.45) is 1.37. The number of hydrogen-bond acceptors (Lipinski definition) is 4. The van der Waals surface area contributed by atoms with Crippen molar-refractivity contribution in [3.8, 4) is 0 Å². The van der Waals surface area contributed by atoms with Crippen molar-refractivity contribution in [2.24, 2.45) is 0 Å². The molecule has 6 heteroatoms. The van der Waals surface area contributed by atoms with Gasteiger partial charge in [0.15, 0.2) is 0 Å². The molecular weight excluding hydrogens is 216 g/mol. The Balaban J connectivity index is 2.07. The van der Waals surface area contributed by atoms with Crippen LogP contribution in [0.4, 0.5) is 0 Å². The number of hydrogen-bond donors (Lipinski definition) is 1. The first-order valence-corrected chi connectivity index (χ1v) is 7.02. The van der Waals surface area contributed by atoms with Crippen LogP contribution in [0.15, 0.2) is 0 Å². The molecule has 1 saturated heterocycles. The molecule has 1 N–H and O–H groups in total. The van der Waals surface area contributed by atoms with Gasteiger partial charge in [-0.05, 0) is 25.9 Å². The lowest BCUT2D eigenvalue weighted by atomic mass is 10.3. The molecule has 15 heavy (non-hydrogen) atoms. The fourth-order valence-corrected chi connectivity index (χ4v) is 2.34. The van der Waals surface area contributed by atoms with E-state index in [1.165, 1.54) is 0 Å². The lowest BCUT2D eigenvalue weighted by molar-refractivity contribution is 0.251. The molecule has 0 spiro atoms. The molecule has 0 amide bonds. The third-order valence-corrected chi connectivity index (χ3v) is 3.51. The second kappa shape index (κ2) is 5.79. The minimum Gasteiger partial charge on any atom is -0.289 e. The molecule has 1 aliphatic rings. The summed E-state index contributed by atoms with van der Waals surface area (Å²) >= 11 is 0. The zero-order valence-electron chi connectivity index (χ0n) is 9.22. The van der Waals surface area contributed by atoms with Gasteiger partial charge in [0, 0.05) is 13.1 Å². The average molecular weight is 236 g/mol. The standard InChI is InChI=1S/C9H20N2O3S/c1-2-10-6-7-11(9-10)5-3-4-8-15(12,13)14/h2-9H2,1H3,(H,12,13,14). The fourth-order valence-electron chi connectivity index (χ4n) is 1.77. The summed E-state index contributed by atoms with van der Waals surface area (Å²) in [7, 11) is -3.76. The third-order valence-electron chi connectivity index (χ3n) is 2.71. The van der Waals surface area contributed by atoms with E-state index < -0.39 is 10.1 Å². The first kappa shape index (κ1) is 12.9. The molecule has 5 nitrogen and oxygen atoms in total. The van der Waals surface area contributed by atoms with E-state index in [0.717, 1.165) is 39.3 Å². The Labute approximate surface area is 91.8 Å². The molecule has 1 rings (SSSR count). The van der Waals surface area contributed by atoms with Crippen molar-refractivity contribution in [3.63, 3.8) is 0 Å². The number of unbranched alkanes of at least 4 members (excludes halogenated alkanes) is 1. The highest BCUT2D eigenvalue weighted by atomic mass is 32.2. The van der Waals surface area contributed by atoms with Crippen LogP contribution in [-0.4, -0.2) is 61.4 Å². The van der Waals surface area contributed by atoms with Gasteiger partial charge in [0.1, 0.15) is 0 Å². The van der Waals surface area contributed by atoms with Gasteiger partial charge in [-0.2, -0.15) is 8.42 Å². The highest BCUT2D eigenvalue weighted by molar-refractivity contribution is 7.85. The van der Waals surface area contributed by atoms with Gasteiger partial charge in [0.05, 0.1) is 12.4 Å². The van der Waals surface area contributed by atoms with Crippen LogP contribution in [0.1, 0.15) is 19.8 Å². The van der Waals surface area contributed by atoms with Gasteiger partial charge in [-0.15, -0.1) is 0 Å². The maximum absolute atomic E-state index is 10.5. The summed E-state index contributed by atoms with van der Waals surface area (Å²) in [6.45, 7) is 7.30. The molecule has 0 unspecified atom stereocenters. The second-order valence-electron chi connectivity index (χ2n) is 3.96. The quantitative estimate of drug-likeness (QED) is 0.529. The molecular formula is C9H20N2O3S. The molecule has 0 aliphatic carbocycles. The molecule has 1 heterocycles. The first-order valence-electron chi connectivity index (χ1n) is 5.41. The molecule has 0 atom stereocenters. The number of nitrogens with zero attached hydrogens (tertiary/aromatic N) is 2. The van der Waals surface area contributed by atoms with Crippen molar-refractivity contribution in [2.45, 2.75) is 19.8 Å². The van der Waals surface area contributed by atoms with E-state index in [-0.39, 0.29) is 5.75 Å². The van der Waals surface area contributed by atoms with Crippen molar-refractivity contribution < 1.29 is 13.0 Å². The number of likely N-dealkylation sites (N-methyl/N-ethyl adjacent to an activating group) is 1. The maximum Gasteiger partial charge on any atom is 0.264 e. The Morgan fingerprint density at radius 1 is 1.20 bits per heavy atom. The van der Waals surface area contributed by atoms with Gasteiger partial charge in [0.2, 0.25) is 0 Å². The van der Waals surface area contributed by atoms with Crippen LogP contribution >= 0.6 is 0 Å². The zero-order valence-corrected chi connectivity index (χ0v) is 10.0. The predicted molar refractivity (Wildman–Crippen MR) is 59.3 cm³/mol. The summed E-state index contributed by atoms with van der Waals surface area (Å²) in [6, 6.07) is 0. The van der Waals surface area contributed by atoms with Crippen molar-refractivity contribution in [1.29, 1.82) is 0 Å². The molecule has 0 aromatic rings. The summed E-state index contributed by atoms with van der Waals surface area (Å²) in [5, 5.41) is 0. The highest BCUT2D eigenvalue weighted by Gasteiger charge is 2.17. The van der Waals surface area contributed by atoms with E-state index in [9.17, 15) is 8.42 Å². The normalized spacial score (nSPS) is 19.9. The monoisotopic (exact) mass is 236 g/mol. The van der Waals surface area contributed by atoms with E-state index in [1.807, 2.05) is 0 Å². The van der Waals surface area contributed by atoms with Crippen molar-refractivity contribution >= 4 is 10.1 Å². The molecule has 0 bridgehead atoms. The van der Waals surface area contributed by atoms with Gasteiger partial charge in [-0.1, -0.05) is 6.92 Å². The highest BCUT2D eigenvalue weighted by Crippen LogP contribution is 2.06. The van der Waals surface area contributed by atoms with Gasteiger partial charge >= 0.3 is 0 Å².